The Labute approximate surface area is 201 Å². The maximum Gasteiger partial charge on any atom is 0.258 e. The van der Waals surface area contributed by atoms with Crippen molar-refractivity contribution in [3.8, 4) is 11.4 Å². The van der Waals surface area contributed by atoms with Crippen molar-refractivity contribution in [1.82, 2.24) is 20.4 Å². The molecule has 0 fully saturated rings. The molecule has 0 bridgehead atoms. The van der Waals surface area contributed by atoms with Gasteiger partial charge in [-0.3, -0.25) is 0 Å². The minimum atomic E-state index is -0.142. The Morgan fingerprint density at radius 1 is 1.00 bits per heavy atom. The largest absolute Gasteiger partial charge is 0.351 e. The molecule has 0 aliphatic carbocycles. The zero-order valence-electron chi connectivity index (χ0n) is 19.9. The molecule has 1 unspecified atom stereocenters. The standard InChI is InChI=1S/C27H32N4OS/c1-5-7-8-17-31-19(4)23(24(28-27(31)33)21-15-11-20(6-2)12-16-21)26-29-25(30-32-26)22-13-9-18(3)10-14-22/h9-16,24H,5-8,17H2,1-4H3,(H,28,33). The Kier molecular flexibility index (Phi) is 7.23. The molecule has 0 saturated heterocycles. The number of hydrogen-bond acceptors (Lipinski definition) is 4. The predicted molar refractivity (Wildman–Crippen MR) is 138 cm³/mol. The van der Waals surface area contributed by atoms with Crippen molar-refractivity contribution in [2.24, 2.45) is 0 Å². The summed E-state index contributed by atoms with van der Waals surface area (Å²) in [6.07, 6.45) is 4.42. The lowest BCUT2D eigenvalue weighted by atomic mass is 9.93. The highest BCUT2D eigenvalue weighted by Crippen LogP contribution is 2.37. The number of nitrogens with zero attached hydrogens (tertiary/aromatic N) is 3. The molecule has 3 aromatic rings. The SMILES string of the molecule is CCCCCN1C(=S)NC(c2ccc(CC)cc2)C(c2nc(-c3ccc(C)cc3)no2)=C1C. The van der Waals surface area contributed by atoms with Gasteiger partial charge in [0.2, 0.25) is 5.82 Å². The molecule has 1 N–H and O–H groups in total. The second-order valence-electron chi connectivity index (χ2n) is 8.62. The highest BCUT2D eigenvalue weighted by molar-refractivity contribution is 7.80. The molecule has 2 heterocycles. The zero-order valence-corrected chi connectivity index (χ0v) is 20.7. The minimum Gasteiger partial charge on any atom is -0.351 e. The van der Waals surface area contributed by atoms with Crippen LogP contribution >= 0.6 is 12.2 Å². The van der Waals surface area contributed by atoms with Crippen LogP contribution in [0.2, 0.25) is 0 Å². The number of unbranched alkanes of at least 4 members (excludes halogenated alkanes) is 2. The summed E-state index contributed by atoms with van der Waals surface area (Å²) in [6.45, 7) is 9.42. The van der Waals surface area contributed by atoms with E-state index in [2.05, 4.69) is 79.5 Å². The third-order valence-corrected chi connectivity index (χ3v) is 6.61. The van der Waals surface area contributed by atoms with Crippen molar-refractivity contribution >= 4 is 22.9 Å². The first-order valence-electron chi connectivity index (χ1n) is 11.8. The van der Waals surface area contributed by atoms with Gasteiger partial charge < -0.3 is 14.7 Å². The van der Waals surface area contributed by atoms with E-state index in [0.717, 1.165) is 46.9 Å². The molecule has 0 amide bonds. The first kappa shape index (κ1) is 23.2. The van der Waals surface area contributed by atoms with E-state index < -0.39 is 0 Å². The molecule has 4 rings (SSSR count). The summed E-state index contributed by atoms with van der Waals surface area (Å²) < 4.78 is 5.84. The van der Waals surface area contributed by atoms with E-state index in [4.69, 9.17) is 21.7 Å². The van der Waals surface area contributed by atoms with Crippen molar-refractivity contribution in [3.63, 3.8) is 0 Å². The molecule has 172 valence electrons. The van der Waals surface area contributed by atoms with Gasteiger partial charge in [-0.2, -0.15) is 4.98 Å². The van der Waals surface area contributed by atoms with Crippen molar-refractivity contribution in [2.75, 3.05) is 6.54 Å². The van der Waals surface area contributed by atoms with Gasteiger partial charge in [0.25, 0.3) is 5.89 Å². The molecule has 1 aromatic heterocycles. The second-order valence-corrected chi connectivity index (χ2v) is 9.01. The Morgan fingerprint density at radius 2 is 1.73 bits per heavy atom. The number of aryl methyl sites for hydroxylation is 2. The third-order valence-electron chi connectivity index (χ3n) is 6.27. The number of aromatic nitrogens is 2. The van der Waals surface area contributed by atoms with Crippen LogP contribution in [0.1, 0.15) is 68.7 Å². The van der Waals surface area contributed by atoms with Gasteiger partial charge in [0, 0.05) is 17.8 Å². The van der Waals surface area contributed by atoms with Gasteiger partial charge in [-0.25, -0.2) is 0 Å². The van der Waals surface area contributed by atoms with Crippen LogP contribution in [-0.2, 0) is 6.42 Å². The van der Waals surface area contributed by atoms with E-state index in [0.29, 0.717) is 11.7 Å². The summed E-state index contributed by atoms with van der Waals surface area (Å²) in [5.41, 5.74) is 6.63. The van der Waals surface area contributed by atoms with E-state index >= 15 is 0 Å². The molecule has 6 heteroatoms. The predicted octanol–water partition coefficient (Wildman–Crippen LogP) is 6.46. The van der Waals surface area contributed by atoms with E-state index in [-0.39, 0.29) is 6.04 Å². The summed E-state index contributed by atoms with van der Waals surface area (Å²) in [7, 11) is 0. The summed E-state index contributed by atoms with van der Waals surface area (Å²) in [5.74, 6) is 1.12. The summed E-state index contributed by atoms with van der Waals surface area (Å²) in [6, 6.07) is 16.7. The molecule has 0 saturated carbocycles. The topological polar surface area (TPSA) is 54.2 Å². The van der Waals surface area contributed by atoms with Gasteiger partial charge in [0.1, 0.15) is 0 Å². The molecule has 5 nitrogen and oxygen atoms in total. The van der Waals surface area contributed by atoms with Crippen molar-refractivity contribution < 1.29 is 4.52 Å². The lowest BCUT2D eigenvalue weighted by molar-refractivity contribution is 0.395. The van der Waals surface area contributed by atoms with Gasteiger partial charge in [-0.1, -0.05) is 85.9 Å². The number of allylic oxidation sites excluding steroid dienone is 1. The van der Waals surface area contributed by atoms with Crippen LogP contribution < -0.4 is 5.32 Å². The van der Waals surface area contributed by atoms with Crippen LogP contribution in [0.15, 0.2) is 58.8 Å². The smallest absolute Gasteiger partial charge is 0.258 e. The van der Waals surface area contributed by atoms with Crippen LogP contribution in [0.3, 0.4) is 0 Å². The molecule has 1 atom stereocenters. The lowest BCUT2D eigenvalue weighted by Gasteiger charge is -2.37. The van der Waals surface area contributed by atoms with E-state index in [9.17, 15) is 0 Å². The molecule has 0 spiro atoms. The quantitative estimate of drug-likeness (QED) is 0.307. The third kappa shape index (κ3) is 5.01. The Balaban J connectivity index is 1.75. The maximum absolute atomic E-state index is 5.84. The van der Waals surface area contributed by atoms with Crippen LogP contribution in [0.4, 0.5) is 0 Å². The van der Waals surface area contributed by atoms with Gasteiger partial charge in [0.15, 0.2) is 5.11 Å². The highest BCUT2D eigenvalue weighted by Gasteiger charge is 2.33. The van der Waals surface area contributed by atoms with E-state index in [1.54, 1.807) is 0 Å². The average molecular weight is 461 g/mol. The fourth-order valence-corrected chi connectivity index (χ4v) is 4.54. The Morgan fingerprint density at radius 3 is 2.39 bits per heavy atom. The van der Waals surface area contributed by atoms with Crippen LogP contribution in [-0.4, -0.2) is 26.7 Å². The summed E-state index contributed by atoms with van der Waals surface area (Å²) in [5, 5.41) is 8.60. The molecule has 1 aliphatic rings. The molecule has 1 aliphatic heterocycles. The van der Waals surface area contributed by atoms with Crippen LogP contribution in [0.25, 0.3) is 17.0 Å². The Bertz CT molecular complexity index is 1130. The summed E-state index contributed by atoms with van der Waals surface area (Å²) >= 11 is 5.79. The number of rotatable bonds is 8. The minimum absolute atomic E-state index is 0.142. The maximum atomic E-state index is 5.84. The number of hydrogen-bond donors (Lipinski definition) is 1. The van der Waals surface area contributed by atoms with Crippen molar-refractivity contribution in [3.05, 3.63) is 76.8 Å². The molecule has 0 radical (unpaired) electrons. The second kappa shape index (κ2) is 10.3. The number of nitrogens with one attached hydrogen (secondary N) is 1. The molecular weight excluding hydrogens is 428 g/mol. The average Bonchev–Trinajstić information content (AvgIpc) is 3.31. The molecule has 33 heavy (non-hydrogen) atoms. The first-order valence-corrected chi connectivity index (χ1v) is 12.2. The molecule has 2 aromatic carbocycles. The highest BCUT2D eigenvalue weighted by atomic mass is 32.1. The fourth-order valence-electron chi connectivity index (χ4n) is 4.20. The normalized spacial score (nSPS) is 16.3. The fraction of sp³-hybridized carbons (Fsp3) is 0.370. The van der Waals surface area contributed by atoms with Gasteiger partial charge in [0.05, 0.1) is 11.6 Å². The van der Waals surface area contributed by atoms with Gasteiger partial charge in [-0.05, 0) is 50.0 Å². The van der Waals surface area contributed by atoms with Crippen LogP contribution in [0.5, 0.6) is 0 Å². The monoisotopic (exact) mass is 460 g/mol. The van der Waals surface area contributed by atoms with Crippen molar-refractivity contribution in [2.45, 2.75) is 59.4 Å². The first-order chi connectivity index (χ1) is 16.0. The van der Waals surface area contributed by atoms with E-state index in [1.165, 1.54) is 24.0 Å². The Hall–Kier alpha value is -2.99. The summed E-state index contributed by atoms with van der Waals surface area (Å²) in [4.78, 5) is 6.98. The zero-order chi connectivity index (χ0) is 23.4. The van der Waals surface area contributed by atoms with Gasteiger partial charge >= 0.3 is 0 Å². The number of thiocarbonyl (C=S) groups is 1. The number of benzene rings is 2. The van der Waals surface area contributed by atoms with Crippen LogP contribution in [0, 0.1) is 6.92 Å². The molecular formula is C27H32N4OS. The van der Waals surface area contributed by atoms with Gasteiger partial charge in [-0.15, -0.1) is 0 Å². The lowest BCUT2D eigenvalue weighted by Crippen LogP contribution is -2.46. The van der Waals surface area contributed by atoms with Crippen molar-refractivity contribution in [1.29, 1.82) is 0 Å². The van der Waals surface area contributed by atoms with E-state index in [1.807, 2.05) is 12.1 Å².